The van der Waals surface area contributed by atoms with Crippen LogP contribution in [0.15, 0.2) is 53.7 Å². The van der Waals surface area contributed by atoms with Crippen LogP contribution in [0.5, 0.6) is 5.75 Å². The van der Waals surface area contributed by atoms with Crippen molar-refractivity contribution in [3.8, 4) is 23.2 Å². The number of hydrogen-bond donors (Lipinski definition) is 0. The summed E-state index contributed by atoms with van der Waals surface area (Å²) in [5.74, 6) is 0.0412. The number of aromatic nitrogens is 6. The molecule has 0 radical (unpaired) electrons. The lowest BCUT2D eigenvalue weighted by molar-refractivity contribution is 0.186. The molecule has 1 aliphatic rings. The molecule has 10 nitrogen and oxygen atoms in total. The molecule has 5 aromatic rings. The molecule has 0 saturated carbocycles. The van der Waals surface area contributed by atoms with Crippen LogP contribution in [0.3, 0.4) is 0 Å². The maximum Gasteiger partial charge on any atom is 0.331 e. The van der Waals surface area contributed by atoms with Crippen LogP contribution >= 0.6 is 0 Å². The van der Waals surface area contributed by atoms with E-state index in [1.54, 1.807) is 63.6 Å². The van der Waals surface area contributed by atoms with Crippen molar-refractivity contribution in [1.82, 2.24) is 28.7 Å². The Labute approximate surface area is 203 Å². The molecular formula is C25H20FN7O3. The molecule has 11 heteroatoms. The molecular weight excluding hydrogens is 465 g/mol. The van der Waals surface area contributed by atoms with E-state index in [0.29, 0.717) is 58.8 Å². The third kappa shape index (κ3) is 3.34. The fourth-order valence-electron chi connectivity index (χ4n) is 4.73. The average Bonchev–Trinajstić information content (AvgIpc) is 3.44. The summed E-state index contributed by atoms with van der Waals surface area (Å²) in [6.07, 6.45) is 5.40. The van der Waals surface area contributed by atoms with Gasteiger partial charge in [-0.3, -0.25) is 9.13 Å². The van der Waals surface area contributed by atoms with E-state index < -0.39 is 11.9 Å². The highest BCUT2D eigenvalue weighted by Gasteiger charge is 2.30. The minimum absolute atomic E-state index is 0.152. The molecule has 0 spiro atoms. The van der Waals surface area contributed by atoms with Gasteiger partial charge in [0, 0.05) is 25.3 Å². The van der Waals surface area contributed by atoms with E-state index in [-0.39, 0.29) is 18.0 Å². The Bertz CT molecular complexity index is 1730. The molecule has 1 aliphatic heterocycles. The zero-order valence-electron chi connectivity index (χ0n) is 19.3. The van der Waals surface area contributed by atoms with Crippen molar-refractivity contribution in [2.75, 3.05) is 20.3 Å². The first-order valence-electron chi connectivity index (χ1n) is 11.4. The molecule has 0 N–H and O–H groups in total. The lowest BCUT2D eigenvalue weighted by atomic mass is 10.00. The third-order valence-electron chi connectivity index (χ3n) is 6.42. The van der Waals surface area contributed by atoms with Gasteiger partial charge in [-0.2, -0.15) is 10.4 Å². The van der Waals surface area contributed by atoms with Crippen LogP contribution in [-0.2, 0) is 11.3 Å². The molecule has 4 aromatic heterocycles. The summed E-state index contributed by atoms with van der Waals surface area (Å²) in [6, 6.07) is 9.75. The number of halogens is 1. The molecule has 0 amide bonds. The van der Waals surface area contributed by atoms with Gasteiger partial charge in [0.05, 0.1) is 60.9 Å². The number of para-hydroxylation sites is 1. The maximum atomic E-state index is 14.5. The first kappa shape index (κ1) is 21.9. The summed E-state index contributed by atoms with van der Waals surface area (Å²) < 4.78 is 30.1. The van der Waals surface area contributed by atoms with Gasteiger partial charge in [-0.1, -0.05) is 12.1 Å². The second kappa shape index (κ2) is 8.58. The van der Waals surface area contributed by atoms with Crippen LogP contribution in [0, 0.1) is 17.1 Å². The van der Waals surface area contributed by atoms with Crippen molar-refractivity contribution < 1.29 is 13.9 Å². The molecule has 36 heavy (non-hydrogen) atoms. The molecule has 0 bridgehead atoms. The lowest BCUT2D eigenvalue weighted by Gasteiger charge is -2.26. The summed E-state index contributed by atoms with van der Waals surface area (Å²) in [5.41, 5.74) is 3.02. The smallest absolute Gasteiger partial charge is 0.331 e. The Morgan fingerprint density at radius 1 is 1.28 bits per heavy atom. The number of ether oxygens (including phenoxy) is 2. The van der Waals surface area contributed by atoms with Gasteiger partial charge >= 0.3 is 5.69 Å². The van der Waals surface area contributed by atoms with Gasteiger partial charge in [0.2, 0.25) is 0 Å². The van der Waals surface area contributed by atoms with Gasteiger partial charge in [-0.15, -0.1) is 0 Å². The molecule has 1 aromatic carbocycles. The first-order chi connectivity index (χ1) is 17.6. The van der Waals surface area contributed by atoms with Crippen molar-refractivity contribution in [3.05, 3.63) is 76.4 Å². The van der Waals surface area contributed by atoms with Crippen molar-refractivity contribution in [2.45, 2.75) is 19.0 Å². The quantitative estimate of drug-likeness (QED) is 0.376. The highest BCUT2D eigenvalue weighted by atomic mass is 19.1. The van der Waals surface area contributed by atoms with Crippen molar-refractivity contribution >= 4 is 16.7 Å². The zero-order valence-corrected chi connectivity index (χ0v) is 19.3. The molecule has 1 atom stereocenters. The fourth-order valence-corrected chi connectivity index (χ4v) is 4.73. The standard InChI is InChI=1S/C25H20FN7O3/c1-35-10-8-31-21-14-28-23(17-13-29-32-7-5-15(12-27)11-20(17)32)30-24(21)33(25(31)34)19-6-9-36-22-16(19)3-2-4-18(22)26/h2-5,7,11,13-14,19H,6,8-10H2,1H3. The number of pyridine rings is 1. The summed E-state index contributed by atoms with van der Waals surface area (Å²) >= 11 is 0. The summed E-state index contributed by atoms with van der Waals surface area (Å²) in [6.45, 7) is 0.895. The highest BCUT2D eigenvalue weighted by molar-refractivity contribution is 5.80. The Balaban J connectivity index is 1.59. The fraction of sp³-hybridized carbons (Fsp3) is 0.240. The average molecular weight is 485 g/mol. The Morgan fingerprint density at radius 3 is 3.00 bits per heavy atom. The van der Waals surface area contributed by atoms with Gasteiger partial charge in [0.25, 0.3) is 0 Å². The van der Waals surface area contributed by atoms with Gasteiger partial charge in [0.1, 0.15) is 5.52 Å². The van der Waals surface area contributed by atoms with Crippen LogP contribution in [0.4, 0.5) is 4.39 Å². The van der Waals surface area contributed by atoms with E-state index in [1.165, 1.54) is 6.07 Å². The predicted octanol–water partition coefficient (Wildman–Crippen LogP) is 2.94. The Hall–Kier alpha value is -4.56. The number of nitriles is 1. The van der Waals surface area contributed by atoms with E-state index in [4.69, 9.17) is 14.5 Å². The predicted molar refractivity (Wildman–Crippen MR) is 127 cm³/mol. The largest absolute Gasteiger partial charge is 0.490 e. The topological polar surface area (TPSA) is 112 Å². The zero-order chi connectivity index (χ0) is 24.8. The molecule has 1 unspecified atom stereocenters. The maximum absolute atomic E-state index is 14.5. The van der Waals surface area contributed by atoms with Crippen molar-refractivity contribution in [3.63, 3.8) is 0 Å². The minimum Gasteiger partial charge on any atom is -0.490 e. The van der Waals surface area contributed by atoms with Gasteiger partial charge in [-0.05, 0) is 18.2 Å². The van der Waals surface area contributed by atoms with E-state index in [2.05, 4.69) is 16.2 Å². The summed E-state index contributed by atoms with van der Waals surface area (Å²) in [7, 11) is 1.57. The number of rotatable bonds is 5. The summed E-state index contributed by atoms with van der Waals surface area (Å²) in [5, 5.41) is 13.7. The van der Waals surface area contributed by atoms with Crippen molar-refractivity contribution in [2.24, 2.45) is 0 Å². The Kier molecular flexibility index (Phi) is 5.23. The molecule has 180 valence electrons. The minimum atomic E-state index is -0.472. The number of nitrogens with zero attached hydrogens (tertiary/aromatic N) is 7. The number of fused-ring (bicyclic) bond motifs is 3. The van der Waals surface area contributed by atoms with E-state index in [1.807, 2.05) is 0 Å². The van der Waals surface area contributed by atoms with Crippen LogP contribution < -0.4 is 10.4 Å². The SMILES string of the molecule is COCCn1c(=O)n(C2CCOc3c(F)cccc32)c2nc(-c3cnn4ccc(C#N)cc34)ncc21. The second-order valence-electron chi connectivity index (χ2n) is 8.43. The number of benzene rings is 1. The van der Waals surface area contributed by atoms with Crippen molar-refractivity contribution in [1.29, 1.82) is 5.26 Å². The first-order valence-corrected chi connectivity index (χ1v) is 11.4. The number of methoxy groups -OCH3 is 1. The molecule has 6 rings (SSSR count). The monoisotopic (exact) mass is 485 g/mol. The molecule has 0 aliphatic carbocycles. The van der Waals surface area contributed by atoms with Crippen LogP contribution in [0.25, 0.3) is 28.1 Å². The molecule has 0 saturated heterocycles. The molecule has 0 fully saturated rings. The number of hydrogen-bond acceptors (Lipinski definition) is 7. The summed E-state index contributed by atoms with van der Waals surface area (Å²) in [4.78, 5) is 23.0. The van der Waals surface area contributed by atoms with E-state index in [0.717, 1.165) is 0 Å². The normalized spacial score (nSPS) is 15.1. The lowest BCUT2D eigenvalue weighted by Crippen LogP contribution is -2.32. The van der Waals surface area contributed by atoms with Crippen LogP contribution in [0.1, 0.15) is 23.6 Å². The van der Waals surface area contributed by atoms with Gasteiger partial charge in [0.15, 0.2) is 23.0 Å². The second-order valence-corrected chi connectivity index (χ2v) is 8.43. The van der Waals surface area contributed by atoms with E-state index >= 15 is 0 Å². The highest BCUT2D eigenvalue weighted by Crippen LogP contribution is 2.37. The van der Waals surface area contributed by atoms with Crippen LogP contribution in [0.2, 0.25) is 0 Å². The Morgan fingerprint density at radius 2 is 2.17 bits per heavy atom. The third-order valence-corrected chi connectivity index (χ3v) is 6.42. The van der Waals surface area contributed by atoms with Crippen LogP contribution in [-0.4, -0.2) is 49.0 Å². The van der Waals surface area contributed by atoms with E-state index in [9.17, 15) is 14.4 Å². The van der Waals surface area contributed by atoms with Gasteiger partial charge < -0.3 is 9.47 Å². The molecule has 5 heterocycles. The number of imidazole rings is 1. The van der Waals surface area contributed by atoms with Gasteiger partial charge in [-0.25, -0.2) is 23.7 Å².